The zero-order valence-electron chi connectivity index (χ0n) is 15.2. The number of carbonyl (C=O) groups is 1. The first-order valence-corrected chi connectivity index (χ1v) is 10.4. The number of nitrogens with one attached hydrogen (secondary N) is 1. The Balaban J connectivity index is 1.81. The van der Waals surface area contributed by atoms with E-state index >= 15 is 0 Å². The molecule has 0 spiro atoms. The molecule has 0 fully saturated rings. The van der Waals surface area contributed by atoms with Gasteiger partial charge in [0, 0.05) is 28.9 Å². The SMILES string of the molecule is CCCNC(=O)N1Cc2c(sc3c2CCCC3)-n2cccc2[C@@H]1CC. The van der Waals surface area contributed by atoms with E-state index in [0.29, 0.717) is 0 Å². The summed E-state index contributed by atoms with van der Waals surface area (Å²) in [6.45, 7) is 5.74. The van der Waals surface area contributed by atoms with Crippen LogP contribution >= 0.6 is 11.3 Å². The number of rotatable bonds is 3. The van der Waals surface area contributed by atoms with E-state index in [9.17, 15) is 4.79 Å². The van der Waals surface area contributed by atoms with E-state index in [0.717, 1.165) is 25.9 Å². The highest BCUT2D eigenvalue weighted by Crippen LogP contribution is 2.42. The average molecular weight is 358 g/mol. The molecule has 25 heavy (non-hydrogen) atoms. The lowest BCUT2D eigenvalue weighted by atomic mass is 9.95. The van der Waals surface area contributed by atoms with Crippen molar-refractivity contribution in [3.8, 4) is 5.00 Å². The Labute approximate surface area is 153 Å². The van der Waals surface area contributed by atoms with Gasteiger partial charge in [-0.25, -0.2) is 4.79 Å². The first kappa shape index (κ1) is 16.7. The van der Waals surface area contributed by atoms with Gasteiger partial charge < -0.3 is 14.8 Å². The van der Waals surface area contributed by atoms with E-state index in [1.54, 1.807) is 4.88 Å². The quantitative estimate of drug-likeness (QED) is 0.841. The molecule has 2 aromatic rings. The van der Waals surface area contributed by atoms with E-state index in [2.05, 4.69) is 47.0 Å². The van der Waals surface area contributed by atoms with Gasteiger partial charge in [0.1, 0.15) is 5.00 Å². The number of urea groups is 1. The smallest absolute Gasteiger partial charge is 0.318 e. The van der Waals surface area contributed by atoms with Gasteiger partial charge in [-0.1, -0.05) is 13.8 Å². The van der Waals surface area contributed by atoms with Crippen LogP contribution < -0.4 is 5.32 Å². The fourth-order valence-corrected chi connectivity index (χ4v) is 5.65. The van der Waals surface area contributed by atoms with Gasteiger partial charge in [-0.3, -0.25) is 0 Å². The summed E-state index contributed by atoms with van der Waals surface area (Å²) >= 11 is 1.95. The van der Waals surface area contributed by atoms with Gasteiger partial charge in [-0.15, -0.1) is 11.3 Å². The van der Waals surface area contributed by atoms with Crippen molar-refractivity contribution < 1.29 is 4.79 Å². The van der Waals surface area contributed by atoms with Crippen LogP contribution in [-0.4, -0.2) is 22.0 Å². The second-order valence-electron chi connectivity index (χ2n) is 7.08. The third-order valence-electron chi connectivity index (χ3n) is 5.48. The summed E-state index contributed by atoms with van der Waals surface area (Å²) in [6, 6.07) is 4.51. The highest BCUT2D eigenvalue weighted by molar-refractivity contribution is 7.15. The molecule has 2 amide bonds. The predicted molar refractivity (Wildman–Crippen MR) is 103 cm³/mol. The third-order valence-corrected chi connectivity index (χ3v) is 6.81. The van der Waals surface area contributed by atoms with E-state index in [4.69, 9.17) is 0 Å². The fourth-order valence-electron chi connectivity index (χ4n) is 4.24. The number of carbonyl (C=O) groups excluding carboxylic acids is 1. The molecule has 134 valence electrons. The molecule has 1 aliphatic carbocycles. The minimum absolute atomic E-state index is 0.0741. The third kappa shape index (κ3) is 2.78. The van der Waals surface area contributed by atoms with Crippen molar-refractivity contribution >= 4 is 17.4 Å². The molecule has 4 rings (SSSR count). The Morgan fingerprint density at radius 2 is 2.12 bits per heavy atom. The van der Waals surface area contributed by atoms with E-state index in [-0.39, 0.29) is 12.1 Å². The second kappa shape index (κ2) is 6.87. The Morgan fingerprint density at radius 1 is 1.28 bits per heavy atom. The molecule has 2 aromatic heterocycles. The molecule has 0 saturated carbocycles. The molecule has 1 atom stereocenters. The van der Waals surface area contributed by atoms with Crippen molar-refractivity contribution in [2.75, 3.05) is 6.54 Å². The summed E-state index contributed by atoms with van der Waals surface area (Å²) in [5.74, 6) is 0. The molecule has 0 radical (unpaired) electrons. The number of aromatic nitrogens is 1. The van der Waals surface area contributed by atoms with Crippen molar-refractivity contribution in [1.29, 1.82) is 0 Å². The molecular weight excluding hydrogens is 330 g/mol. The molecular formula is C20H27N3OS. The first-order chi connectivity index (χ1) is 12.2. The number of thiophene rings is 1. The van der Waals surface area contributed by atoms with Gasteiger partial charge in [-0.2, -0.15) is 0 Å². The van der Waals surface area contributed by atoms with Crippen molar-refractivity contribution in [3.05, 3.63) is 40.0 Å². The zero-order valence-corrected chi connectivity index (χ0v) is 16.0. The van der Waals surface area contributed by atoms with Crippen LogP contribution in [0.2, 0.25) is 0 Å². The number of hydrogen-bond donors (Lipinski definition) is 1. The Hall–Kier alpha value is -1.75. The van der Waals surface area contributed by atoms with Gasteiger partial charge in [0.15, 0.2) is 0 Å². The summed E-state index contributed by atoms with van der Waals surface area (Å²) in [6.07, 6.45) is 9.00. The molecule has 0 unspecified atom stereocenters. The lowest BCUT2D eigenvalue weighted by Crippen LogP contribution is -2.41. The predicted octanol–water partition coefficient (Wildman–Crippen LogP) is 4.80. The first-order valence-electron chi connectivity index (χ1n) is 9.60. The summed E-state index contributed by atoms with van der Waals surface area (Å²) in [5, 5.41) is 4.44. The van der Waals surface area contributed by atoms with Crippen molar-refractivity contribution in [2.45, 2.75) is 65.0 Å². The van der Waals surface area contributed by atoms with Crippen LogP contribution in [0.15, 0.2) is 18.3 Å². The van der Waals surface area contributed by atoms with E-state index < -0.39 is 0 Å². The molecule has 1 aliphatic heterocycles. The van der Waals surface area contributed by atoms with E-state index in [1.807, 2.05) is 11.3 Å². The minimum atomic E-state index is 0.0741. The minimum Gasteiger partial charge on any atom is -0.338 e. The topological polar surface area (TPSA) is 37.3 Å². The van der Waals surface area contributed by atoms with Crippen LogP contribution in [0.3, 0.4) is 0 Å². The number of hydrogen-bond acceptors (Lipinski definition) is 2. The number of aryl methyl sites for hydroxylation is 1. The van der Waals surface area contributed by atoms with Crippen LogP contribution in [0, 0.1) is 0 Å². The Kier molecular flexibility index (Phi) is 4.59. The molecule has 1 N–H and O–H groups in total. The van der Waals surface area contributed by atoms with Crippen LogP contribution in [-0.2, 0) is 19.4 Å². The summed E-state index contributed by atoms with van der Waals surface area (Å²) < 4.78 is 2.35. The Morgan fingerprint density at radius 3 is 2.92 bits per heavy atom. The van der Waals surface area contributed by atoms with Crippen molar-refractivity contribution in [3.63, 3.8) is 0 Å². The maximum atomic E-state index is 12.9. The highest BCUT2D eigenvalue weighted by Gasteiger charge is 2.33. The zero-order chi connectivity index (χ0) is 17.4. The largest absolute Gasteiger partial charge is 0.338 e. The average Bonchev–Trinajstić information content (AvgIpc) is 3.22. The van der Waals surface area contributed by atoms with Gasteiger partial charge in [0.25, 0.3) is 0 Å². The molecule has 5 heteroatoms. The normalized spacial score (nSPS) is 19.0. The van der Waals surface area contributed by atoms with Gasteiger partial charge >= 0.3 is 6.03 Å². The van der Waals surface area contributed by atoms with Crippen LogP contribution in [0.5, 0.6) is 0 Å². The number of nitrogens with zero attached hydrogens (tertiary/aromatic N) is 2. The molecule has 0 aromatic carbocycles. The van der Waals surface area contributed by atoms with Gasteiger partial charge in [-0.05, 0) is 56.2 Å². The Bertz CT molecular complexity index is 776. The molecule has 0 bridgehead atoms. The van der Waals surface area contributed by atoms with Gasteiger partial charge in [0.2, 0.25) is 0 Å². The molecule has 2 aliphatic rings. The maximum Gasteiger partial charge on any atom is 0.318 e. The summed E-state index contributed by atoms with van der Waals surface area (Å²) in [5.41, 5.74) is 4.15. The highest BCUT2D eigenvalue weighted by atomic mass is 32.1. The van der Waals surface area contributed by atoms with Crippen LogP contribution in [0.25, 0.3) is 5.00 Å². The van der Waals surface area contributed by atoms with Crippen LogP contribution in [0.1, 0.15) is 67.3 Å². The van der Waals surface area contributed by atoms with E-state index in [1.165, 1.54) is 47.5 Å². The lowest BCUT2D eigenvalue weighted by molar-refractivity contribution is 0.168. The standard InChI is InChI=1S/C20H27N3OS/c1-3-11-21-20(24)23-13-15-14-8-5-6-10-18(14)25-19(15)22-12-7-9-17(22)16(23)4-2/h7,9,12,16H,3-6,8,10-11,13H2,1-2H3,(H,21,24)/t16-/m0/s1. The molecule has 3 heterocycles. The number of amides is 2. The number of fused-ring (bicyclic) bond motifs is 5. The van der Waals surface area contributed by atoms with Crippen LogP contribution in [0.4, 0.5) is 4.79 Å². The van der Waals surface area contributed by atoms with Gasteiger partial charge in [0.05, 0.1) is 12.6 Å². The lowest BCUT2D eigenvalue weighted by Gasteiger charge is -2.30. The fraction of sp³-hybridized carbons (Fsp3) is 0.550. The summed E-state index contributed by atoms with van der Waals surface area (Å²) in [7, 11) is 0. The molecule has 0 saturated heterocycles. The van der Waals surface area contributed by atoms with Crippen molar-refractivity contribution in [1.82, 2.24) is 14.8 Å². The van der Waals surface area contributed by atoms with Crippen molar-refractivity contribution in [2.24, 2.45) is 0 Å². The monoisotopic (exact) mass is 357 g/mol. The molecule has 4 nitrogen and oxygen atoms in total. The summed E-state index contributed by atoms with van der Waals surface area (Å²) in [4.78, 5) is 16.5. The maximum absolute atomic E-state index is 12.9. The second-order valence-corrected chi connectivity index (χ2v) is 8.17.